The fraction of sp³-hybridized carbons (Fsp3) is 0.529. The van der Waals surface area contributed by atoms with Gasteiger partial charge in [0.2, 0.25) is 5.91 Å². The summed E-state index contributed by atoms with van der Waals surface area (Å²) in [5.74, 6) is -1.83. The van der Waals surface area contributed by atoms with Crippen molar-refractivity contribution >= 4 is 11.9 Å². The molecule has 0 saturated heterocycles. The highest BCUT2D eigenvalue weighted by Gasteiger charge is 2.51. The number of amides is 1. The maximum absolute atomic E-state index is 12.4. The third-order valence-electron chi connectivity index (χ3n) is 5.08. The van der Waals surface area contributed by atoms with Crippen LogP contribution in [0.1, 0.15) is 30.4 Å². The SMILES string of the molecule is Cc1ccc(CNC(=O)[C@H]2[C@@H]3CC[C@@H](C3)[C@@H]2C(=O)[O-])cc1. The normalized spacial score (nSPS) is 30.3. The van der Waals surface area contributed by atoms with Gasteiger partial charge in [-0.05, 0) is 43.6 Å². The summed E-state index contributed by atoms with van der Waals surface area (Å²) >= 11 is 0. The molecule has 0 aliphatic heterocycles. The van der Waals surface area contributed by atoms with E-state index in [9.17, 15) is 14.7 Å². The van der Waals surface area contributed by atoms with Gasteiger partial charge in [-0.15, -0.1) is 0 Å². The van der Waals surface area contributed by atoms with Gasteiger partial charge in [0.15, 0.2) is 0 Å². The van der Waals surface area contributed by atoms with E-state index < -0.39 is 17.8 Å². The molecule has 21 heavy (non-hydrogen) atoms. The van der Waals surface area contributed by atoms with Crippen LogP contribution in [0.3, 0.4) is 0 Å². The molecular formula is C17H20NO3-. The molecule has 0 aromatic heterocycles. The number of aliphatic carboxylic acids is 1. The van der Waals surface area contributed by atoms with Crippen LogP contribution in [-0.2, 0) is 16.1 Å². The first-order chi connectivity index (χ1) is 10.1. The lowest BCUT2D eigenvalue weighted by molar-refractivity contribution is -0.314. The summed E-state index contributed by atoms with van der Waals surface area (Å²) in [4.78, 5) is 23.7. The minimum atomic E-state index is -1.06. The Morgan fingerprint density at radius 3 is 2.38 bits per heavy atom. The van der Waals surface area contributed by atoms with Crippen molar-refractivity contribution in [2.75, 3.05) is 0 Å². The van der Waals surface area contributed by atoms with Crippen molar-refractivity contribution in [1.82, 2.24) is 5.32 Å². The maximum Gasteiger partial charge on any atom is 0.224 e. The van der Waals surface area contributed by atoms with E-state index in [4.69, 9.17) is 0 Å². The summed E-state index contributed by atoms with van der Waals surface area (Å²) in [6.07, 6.45) is 2.75. The van der Waals surface area contributed by atoms with Crippen molar-refractivity contribution in [1.29, 1.82) is 0 Å². The molecular weight excluding hydrogens is 266 g/mol. The molecule has 0 unspecified atom stereocenters. The molecule has 1 aromatic rings. The van der Waals surface area contributed by atoms with Gasteiger partial charge in [-0.25, -0.2) is 0 Å². The van der Waals surface area contributed by atoms with E-state index >= 15 is 0 Å². The van der Waals surface area contributed by atoms with Crippen LogP contribution in [0.2, 0.25) is 0 Å². The number of carbonyl (C=O) groups is 2. The molecule has 3 rings (SSSR count). The summed E-state index contributed by atoms with van der Waals surface area (Å²) in [7, 11) is 0. The topological polar surface area (TPSA) is 69.2 Å². The zero-order valence-corrected chi connectivity index (χ0v) is 12.2. The minimum absolute atomic E-state index is 0.128. The van der Waals surface area contributed by atoms with Crippen molar-refractivity contribution in [2.45, 2.75) is 32.7 Å². The Morgan fingerprint density at radius 1 is 1.14 bits per heavy atom. The summed E-state index contributed by atoms with van der Waals surface area (Å²) < 4.78 is 0. The second kappa shape index (κ2) is 5.51. The van der Waals surface area contributed by atoms with Gasteiger partial charge < -0.3 is 15.2 Å². The third-order valence-corrected chi connectivity index (χ3v) is 5.08. The monoisotopic (exact) mass is 286 g/mol. The Bertz CT molecular complexity index is 552. The van der Waals surface area contributed by atoms with Crippen LogP contribution in [0, 0.1) is 30.6 Å². The Balaban J connectivity index is 1.64. The zero-order valence-electron chi connectivity index (χ0n) is 12.2. The molecule has 2 saturated carbocycles. The van der Waals surface area contributed by atoms with Gasteiger partial charge in [-0.3, -0.25) is 4.79 Å². The fourth-order valence-corrected chi connectivity index (χ4v) is 4.02. The van der Waals surface area contributed by atoms with Crippen LogP contribution in [0.4, 0.5) is 0 Å². The molecule has 2 aliphatic carbocycles. The maximum atomic E-state index is 12.4. The molecule has 1 amide bonds. The Labute approximate surface area is 124 Å². The lowest BCUT2D eigenvalue weighted by atomic mass is 9.78. The first-order valence-electron chi connectivity index (χ1n) is 7.60. The highest BCUT2D eigenvalue weighted by molar-refractivity contribution is 5.85. The zero-order chi connectivity index (χ0) is 15.0. The van der Waals surface area contributed by atoms with E-state index in [1.54, 1.807) is 0 Å². The number of rotatable bonds is 4. The van der Waals surface area contributed by atoms with Crippen LogP contribution in [0.5, 0.6) is 0 Å². The molecule has 2 bridgehead atoms. The van der Waals surface area contributed by atoms with E-state index in [0.717, 1.165) is 24.8 Å². The summed E-state index contributed by atoms with van der Waals surface area (Å²) in [5, 5.41) is 14.2. The van der Waals surface area contributed by atoms with Crippen LogP contribution in [0.25, 0.3) is 0 Å². The Kier molecular flexibility index (Phi) is 3.70. The molecule has 1 aromatic carbocycles. The van der Waals surface area contributed by atoms with E-state index in [1.807, 2.05) is 31.2 Å². The predicted octanol–water partition coefficient (Wildman–Crippen LogP) is 1.02. The first kappa shape index (κ1) is 14.1. The standard InChI is InChI=1S/C17H21NO3/c1-10-2-4-11(5-3-10)9-18-16(19)14-12-6-7-13(8-12)15(14)17(20)21/h2-5,12-15H,6-9H2,1H3,(H,18,19)(H,20,21)/p-1/t12-,13+,14+,15+/m1/s1. The van der Waals surface area contributed by atoms with Crippen molar-refractivity contribution < 1.29 is 14.7 Å². The molecule has 0 spiro atoms. The number of hydrogen-bond donors (Lipinski definition) is 1. The number of carboxylic acids is 1. The van der Waals surface area contributed by atoms with Crippen molar-refractivity contribution in [3.63, 3.8) is 0 Å². The van der Waals surface area contributed by atoms with Crippen LogP contribution >= 0.6 is 0 Å². The van der Waals surface area contributed by atoms with Crippen LogP contribution < -0.4 is 10.4 Å². The van der Waals surface area contributed by atoms with Gasteiger partial charge in [0.1, 0.15) is 0 Å². The van der Waals surface area contributed by atoms with E-state index in [1.165, 1.54) is 5.56 Å². The molecule has 4 nitrogen and oxygen atoms in total. The Morgan fingerprint density at radius 2 is 1.76 bits per heavy atom. The highest BCUT2D eigenvalue weighted by Crippen LogP contribution is 2.52. The van der Waals surface area contributed by atoms with Crippen LogP contribution in [0.15, 0.2) is 24.3 Å². The number of carbonyl (C=O) groups excluding carboxylic acids is 2. The molecule has 4 heteroatoms. The summed E-state index contributed by atoms with van der Waals surface area (Å²) in [5.41, 5.74) is 2.21. The second-order valence-electron chi connectivity index (χ2n) is 6.41. The third kappa shape index (κ3) is 2.67. The fourth-order valence-electron chi connectivity index (χ4n) is 4.02. The Hall–Kier alpha value is -1.84. The van der Waals surface area contributed by atoms with Gasteiger partial charge in [0.05, 0.1) is 0 Å². The van der Waals surface area contributed by atoms with E-state index in [-0.39, 0.29) is 17.7 Å². The van der Waals surface area contributed by atoms with Crippen LogP contribution in [-0.4, -0.2) is 11.9 Å². The number of fused-ring (bicyclic) bond motifs is 2. The number of benzene rings is 1. The molecule has 1 N–H and O–H groups in total. The van der Waals surface area contributed by atoms with E-state index in [0.29, 0.717) is 6.54 Å². The predicted molar refractivity (Wildman–Crippen MR) is 75.8 cm³/mol. The largest absolute Gasteiger partial charge is 0.550 e. The van der Waals surface area contributed by atoms with Gasteiger partial charge in [0.25, 0.3) is 0 Å². The van der Waals surface area contributed by atoms with Gasteiger partial charge in [-0.2, -0.15) is 0 Å². The van der Waals surface area contributed by atoms with Gasteiger partial charge >= 0.3 is 0 Å². The van der Waals surface area contributed by atoms with Crippen molar-refractivity contribution in [2.24, 2.45) is 23.7 Å². The number of carboxylic acid groups (broad SMARTS) is 1. The number of nitrogens with one attached hydrogen (secondary N) is 1. The lowest BCUT2D eigenvalue weighted by Crippen LogP contribution is -2.45. The second-order valence-corrected chi connectivity index (χ2v) is 6.41. The van der Waals surface area contributed by atoms with E-state index in [2.05, 4.69) is 5.32 Å². The van der Waals surface area contributed by atoms with Gasteiger partial charge in [0, 0.05) is 24.3 Å². The number of aryl methyl sites for hydroxylation is 1. The molecule has 0 heterocycles. The summed E-state index contributed by atoms with van der Waals surface area (Å²) in [6.45, 7) is 2.47. The average molecular weight is 286 g/mol. The summed E-state index contributed by atoms with van der Waals surface area (Å²) in [6, 6.07) is 7.96. The van der Waals surface area contributed by atoms with Crippen molar-refractivity contribution in [3.8, 4) is 0 Å². The molecule has 2 aliphatic rings. The first-order valence-corrected chi connectivity index (χ1v) is 7.60. The number of hydrogen-bond acceptors (Lipinski definition) is 3. The van der Waals surface area contributed by atoms with Gasteiger partial charge in [-0.1, -0.05) is 29.8 Å². The quantitative estimate of drug-likeness (QED) is 0.898. The smallest absolute Gasteiger partial charge is 0.224 e. The highest BCUT2D eigenvalue weighted by atomic mass is 16.4. The lowest BCUT2D eigenvalue weighted by Gasteiger charge is -2.30. The minimum Gasteiger partial charge on any atom is -0.550 e. The molecule has 0 radical (unpaired) electrons. The van der Waals surface area contributed by atoms with Crippen molar-refractivity contribution in [3.05, 3.63) is 35.4 Å². The molecule has 4 atom stereocenters. The molecule has 112 valence electrons. The average Bonchev–Trinajstić information content (AvgIpc) is 3.06. The molecule has 2 fully saturated rings.